The zero-order chi connectivity index (χ0) is 16.9. The number of rotatable bonds is 2. The van der Waals surface area contributed by atoms with Gasteiger partial charge in [-0.25, -0.2) is 0 Å². The van der Waals surface area contributed by atoms with Gasteiger partial charge in [0.05, 0.1) is 22.7 Å². The van der Waals surface area contributed by atoms with Crippen LogP contribution in [0.2, 0.25) is 5.02 Å². The van der Waals surface area contributed by atoms with E-state index in [0.29, 0.717) is 0 Å². The second kappa shape index (κ2) is 5.41. The van der Waals surface area contributed by atoms with Crippen LogP contribution in [-0.4, -0.2) is 18.3 Å². The Kier molecular flexibility index (Phi) is 4.32. The van der Waals surface area contributed by atoms with E-state index in [1.165, 1.54) is 12.1 Å². The molecular weight excluding hydrogens is 317 g/mol. The third-order valence-corrected chi connectivity index (χ3v) is 4.59. The maximum atomic E-state index is 13.2. The number of nitrogens with two attached hydrogens (primary N) is 1. The standard InChI is InChI=1S/C14H18BClF3NO2/c1-12(2)13(3,4)22-15(21-12)11(20)10-8(14(17,18)19)6-5-7-9(10)16/h5-7,11H,20H2,1-4H3/t11-/m1/s1. The normalized spacial score (nSPS) is 22.0. The number of halogens is 4. The fourth-order valence-corrected chi connectivity index (χ4v) is 2.59. The summed E-state index contributed by atoms with van der Waals surface area (Å²) >= 11 is 5.96. The summed E-state index contributed by atoms with van der Waals surface area (Å²) in [5.74, 6) is -1.15. The third kappa shape index (κ3) is 3.00. The molecule has 1 aromatic carbocycles. The van der Waals surface area contributed by atoms with Crippen LogP contribution >= 0.6 is 11.6 Å². The summed E-state index contributed by atoms with van der Waals surface area (Å²) in [6.07, 6.45) is -4.55. The van der Waals surface area contributed by atoms with E-state index in [0.717, 1.165) is 6.07 Å². The van der Waals surface area contributed by atoms with Gasteiger partial charge in [0, 0.05) is 5.02 Å². The molecular formula is C14H18BClF3NO2. The fourth-order valence-electron chi connectivity index (χ4n) is 2.29. The lowest BCUT2D eigenvalue weighted by Crippen LogP contribution is -2.41. The highest BCUT2D eigenvalue weighted by molar-refractivity contribution is 6.48. The van der Waals surface area contributed by atoms with Gasteiger partial charge >= 0.3 is 13.3 Å². The van der Waals surface area contributed by atoms with Gasteiger partial charge in [-0.3, -0.25) is 0 Å². The number of alkyl halides is 3. The summed E-state index contributed by atoms with van der Waals surface area (Å²) in [6, 6.07) is 3.56. The molecule has 22 heavy (non-hydrogen) atoms. The van der Waals surface area contributed by atoms with E-state index in [-0.39, 0.29) is 10.6 Å². The monoisotopic (exact) mass is 335 g/mol. The highest BCUT2D eigenvalue weighted by Crippen LogP contribution is 2.43. The Labute approximate surface area is 133 Å². The fraction of sp³-hybridized carbons (Fsp3) is 0.571. The molecule has 3 nitrogen and oxygen atoms in total. The minimum atomic E-state index is -4.55. The summed E-state index contributed by atoms with van der Waals surface area (Å²) in [6.45, 7) is 7.21. The van der Waals surface area contributed by atoms with Gasteiger partial charge in [-0.15, -0.1) is 0 Å². The lowest BCUT2D eigenvalue weighted by atomic mass is 9.73. The Morgan fingerprint density at radius 1 is 1.14 bits per heavy atom. The van der Waals surface area contributed by atoms with Gasteiger partial charge in [0.15, 0.2) is 0 Å². The van der Waals surface area contributed by atoms with Crippen LogP contribution < -0.4 is 5.73 Å². The summed E-state index contributed by atoms with van der Waals surface area (Å²) < 4.78 is 51.0. The summed E-state index contributed by atoms with van der Waals surface area (Å²) in [4.78, 5) is 0. The van der Waals surface area contributed by atoms with Crippen molar-refractivity contribution in [3.8, 4) is 0 Å². The largest absolute Gasteiger partial charge is 0.480 e. The molecule has 0 radical (unpaired) electrons. The van der Waals surface area contributed by atoms with E-state index in [2.05, 4.69) is 0 Å². The summed E-state index contributed by atoms with van der Waals surface area (Å²) in [5.41, 5.74) is 3.55. The van der Waals surface area contributed by atoms with E-state index in [4.69, 9.17) is 26.6 Å². The highest BCUT2D eigenvalue weighted by Gasteiger charge is 2.54. The molecule has 0 spiro atoms. The molecule has 1 aliphatic heterocycles. The maximum absolute atomic E-state index is 13.2. The third-order valence-electron chi connectivity index (χ3n) is 4.26. The topological polar surface area (TPSA) is 44.5 Å². The SMILES string of the molecule is CC1(C)OB([C@H](N)c2c(Cl)cccc2C(F)(F)F)OC1(C)C. The molecule has 1 fully saturated rings. The Morgan fingerprint density at radius 3 is 2.09 bits per heavy atom. The summed E-state index contributed by atoms with van der Waals surface area (Å²) in [7, 11) is -1.01. The average Bonchev–Trinajstić information content (AvgIpc) is 2.56. The lowest BCUT2D eigenvalue weighted by molar-refractivity contribution is -0.138. The molecule has 1 saturated heterocycles. The van der Waals surface area contributed by atoms with Crippen LogP contribution in [-0.2, 0) is 15.5 Å². The highest BCUT2D eigenvalue weighted by atomic mass is 35.5. The molecule has 0 amide bonds. The zero-order valence-corrected chi connectivity index (χ0v) is 13.5. The Balaban J connectivity index is 2.42. The second-order valence-corrected chi connectivity index (χ2v) is 6.76. The van der Waals surface area contributed by atoms with Crippen LogP contribution in [0, 0.1) is 0 Å². The number of hydrogen-bond acceptors (Lipinski definition) is 3. The zero-order valence-electron chi connectivity index (χ0n) is 12.8. The van der Waals surface area contributed by atoms with Gasteiger partial charge in [0.25, 0.3) is 0 Å². The molecule has 2 N–H and O–H groups in total. The van der Waals surface area contributed by atoms with Crippen molar-refractivity contribution in [3.05, 3.63) is 34.3 Å². The lowest BCUT2D eigenvalue weighted by Gasteiger charge is -2.32. The number of benzene rings is 1. The molecule has 0 saturated carbocycles. The molecule has 0 aromatic heterocycles. The number of hydrogen-bond donors (Lipinski definition) is 1. The van der Waals surface area contributed by atoms with Gasteiger partial charge in [-0.1, -0.05) is 17.7 Å². The first kappa shape index (κ1) is 17.6. The van der Waals surface area contributed by atoms with Crippen molar-refractivity contribution in [1.82, 2.24) is 0 Å². The van der Waals surface area contributed by atoms with Gasteiger partial charge < -0.3 is 15.0 Å². The van der Waals surface area contributed by atoms with Crippen molar-refractivity contribution in [2.24, 2.45) is 5.73 Å². The van der Waals surface area contributed by atoms with Crippen LogP contribution in [0.15, 0.2) is 18.2 Å². The van der Waals surface area contributed by atoms with Gasteiger partial charge in [0.2, 0.25) is 0 Å². The van der Waals surface area contributed by atoms with Crippen molar-refractivity contribution < 1.29 is 22.5 Å². The molecule has 1 aromatic rings. The van der Waals surface area contributed by atoms with E-state index in [9.17, 15) is 13.2 Å². The van der Waals surface area contributed by atoms with E-state index >= 15 is 0 Å². The summed E-state index contributed by atoms with van der Waals surface area (Å²) in [5, 5.41) is -0.0583. The van der Waals surface area contributed by atoms with Crippen molar-refractivity contribution >= 4 is 18.7 Å². The van der Waals surface area contributed by atoms with Crippen molar-refractivity contribution in [1.29, 1.82) is 0 Å². The van der Waals surface area contributed by atoms with Crippen LogP contribution in [0.4, 0.5) is 13.2 Å². The minimum Gasteiger partial charge on any atom is -0.402 e. The average molecular weight is 336 g/mol. The van der Waals surface area contributed by atoms with Crippen molar-refractivity contribution in [2.45, 2.75) is 51.0 Å². The molecule has 0 unspecified atom stereocenters. The first-order valence-corrected chi connectivity index (χ1v) is 7.21. The maximum Gasteiger partial charge on any atom is 0.480 e. The smallest absolute Gasteiger partial charge is 0.402 e. The van der Waals surface area contributed by atoms with Crippen molar-refractivity contribution in [3.63, 3.8) is 0 Å². The molecule has 1 aliphatic rings. The molecule has 0 aliphatic carbocycles. The first-order chi connectivity index (χ1) is 9.87. The Hall–Kier alpha value is -0.755. The predicted octanol–water partition coefficient (Wildman–Crippen LogP) is 3.99. The van der Waals surface area contributed by atoms with Gasteiger partial charge in [-0.2, -0.15) is 13.2 Å². The van der Waals surface area contributed by atoms with Gasteiger partial charge in [-0.05, 0) is 45.4 Å². The molecule has 8 heteroatoms. The molecule has 1 heterocycles. The van der Waals surface area contributed by atoms with Crippen molar-refractivity contribution in [2.75, 3.05) is 0 Å². The predicted molar refractivity (Wildman–Crippen MR) is 79.5 cm³/mol. The van der Waals surface area contributed by atoms with Crippen LogP contribution in [0.1, 0.15) is 44.8 Å². The minimum absolute atomic E-state index is 0.0583. The Morgan fingerprint density at radius 2 is 1.64 bits per heavy atom. The van der Waals surface area contributed by atoms with E-state index < -0.39 is 36.0 Å². The molecule has 122 valence electrons. The Bertz CT molecular complexity index is 562. The van der Waals surface area contributed by atoms with E-state index in [1.807, 2.05) is 0 Å². The molecule has 0 bridgehead atoms. The molecule has 2 rings (SSSR count). The van der Waals surface area contributed by atoms with Crippen LogP contribution in [0.25, 0.3) is 0 Å². The van der Waals surface area contributed by atoms with Gasteiger partial charge in [0.1, 0.15) is 0 Å². The molecule has 1 atom stereocenters. The van der Waals surface area contributed by atoms with Crippen LogP contribution in [0.3, 0.4) is 0 Å². The van der Waals surface area contributed by atoms with E-state index in [1.54, 1.807) is 27.7 Å². The second-order valence-electron chi connectivity index (χ2n) is 6.35. The first-order valence-electron chi connectivity index (χ1n) is 6.83. The quantitative estimate of drug-likeness (QED) is 0.831. The van der Waals surface area contributed by atoms with Crippen LogP contribution in [0.5, 0.6) is 0 Å².